The number of allylic oxidation sites excluding steroid dienone is 1. The highest BCUT2D eigenvalue weighted by Crippen LogP contribution is 2.38. The summed E-state index contributed by atoms with van der Waals surface area (Å²) in [6, 6.07) is 12.3. The Hall–Kier alpha value is -3.10. The van der Waals surface area contributed by atoms with Crippen molar-refractivity contribution < 1.29 is 13.7 Å². The topological polar surface area (TPSA) is 63.4 Å². The first-order chi connectivity index (χ1) is 16.4. The molecule has 2 aromatic carbocycles. The summed E-state index contributed by atoms with van der Waals surface area (Å²) in [5.74, 6) is 0.367. The molecule has 0 amide bonds. The highest BCUT2D eigenvalue weighted by molar-refractivity contribution is 7.80. The number of hydrogen-bond donors (Lipinski definition) is 1. The van der Waals surface area contributed by atoms with Crippen molar-refractivity contribution in [1.82, 2.24) is 20.4 Å². The minimum absolute atomic E-state index is 0.254. The molecule has 34 heavy (non-hydrogen) atoms. The van der Waals surface area contributed by atoms with E-state index in [0.29, 0.717) is 42.1 Å². The number of nitrogens with one attached hydrogen (secondary N) is 1. The van der Waals surface area contributed by atoms with Crippen LogP contribution in [0.1, 0.15) is 48.9 Å². The van der Waals surface area contributed by atoms with Crippen LogP contribution in [-0.2, 0) is 4.74 Å². The van der Waals surface area contributed by atoms with Crippen LogP contribution < -0.4 is 5.32 Å². The van der Waals surface area contributed by atoms with Gasteiger partial charge in [0, 0.05) is 31.0 Å². The van der Waals surface area contributed by atoms with E-state index in [9.17, 15) is 4.39 Å². The van der Waals surface area contributed by atoms with Gasteiger partial charge in [-0.15, -0.1) is 0 Å². The normalized spacial score (nSPS) is 16.2. The minimum atomic E-state index is -0.350. The third kappa shape index (κ3) is 5.03. The predicted octanol–water partition coefficient (Wildman–Crippen LogP) is 5.58. The second kappa shape index (κ2) is 10.4. The fraction of sp³-hybridized carbons (Fsp3) is 0.346. The van der Waals surface area contributed by atoms with E-state index in [0.717, 1.165) is 23.3 Å². The second-order valence-corrected chi connectivity index (χ2v) is 8.75. The molecule has 8 heteroatoms. The SMILES string of the molecule is CCOCCCN1C(=S)NC(c2ccc(C)c(C)c2)C(c2nc(-c3cccc(F)c3)no2)=C1C. The van der Waals surface area contributed by atoms with E-state index < -0.39 is 0 Å². The molecule has 0 fully saturated rings. The lowest BCUT2D eigenvalue weighted by Gasteiger charge is -2.37. The fourth-order valence-corrected chi connectivity index (χ4v) is 4.41. The number of ether oxygens (including phenoxy) is 1. The first-order valence-electron chi connectivity index (χ1n) is 11.4. The summed E-state index contributed by atoms with van der Waals surface area (Å²) in [6.07, 6.45) is 0.826. The minimum Gasteiger partial charge on any atom is -0.382 e. The van der Waals surface area contributed by atoms with Crippen LogP contribution in [0.5, 0.6) is 0 Å². The van der Waals surface area contributed by atoms with Crippen LogP contribution in [0.3, 0.4) is 0 Å². The van der Waals surface area contributed by atoms with Crippen molar-refractivity contribution in [3.63, 3.8) is 0 Å². The van der Waals surface area contributed by atoms with Crippen LogP contribution in [0, 0.1) is 19.7 Å². The van der Waals surface area contributed by atoms with Crippen molar-refractivity contribution in [2.24, 2.45) is 0 Å². The van der Waals surface area contributed by atoms with Gasteiger partial charge in [-0.25, -0.2) is 4.39 Å². The number of halogens is 1. The third-order valence-corrected chi connectivity index (χ3v) is 6.41. The summed E-state index contributed by atoms with van der Waals surface area (Å²) in [5, 5.41) is 8.26. The highest BCUT2D eigenvalue weighted by atomic mass is 32.1. The summed E-state index contributed by atoms with van der Waals surface area (Å²) in [4.78, 5) is 6.69. The van der Waals surface area contributed by atoms with Gasteiger partial charge in [0.05, 0.1) is 11.6 Å². The Morgan fingerprint density at radius 1 is 1.15 bits per heavy atom. The van der Waals surface area contributed by atoms with E-state index in [1.54, 1.807) is 12.1 Å². The number of benzene rings is 2. The quantitative estimate of drug-likeness (QED) is 0.333. The Morgan fingerprint density at radius 3 is 2.71 bits per heavy atom. The molecule has 0 radical (unpaired) electrons. The summed E-state index contributed by atoms with van der Waals surface area (Å²) >= 11 is 5.75. The smallest absolute Gasteiger partial charge is 0.258 e. The lowest BCUT2D eigenvalue weighted by Crippen LogP contribution is -2.46. The molecular weight excluding hydrogens is 451 g/mol. The van der Waals surface area contributed by atoms with Crippen LogP contribution in [0.25, 0.3) is 17.0 Å². The molecule has 2 heterocycles. The standard InChI is InChI=1S/C26H29FN4O2S/c1-5-32-13-7-12-31-18(4)22(23(28-26(31)34)19-11-10-16(2)17(3)14-19)25-29-24(30-33-25)20-8-6-9-21(27)15-20/h6,8-11,14-15,23H,5,7,12-13H2,1-4H3,(H,28,34). The maximum atomic E-state index is 13.8. The Labute approximate surface area is 204 Å². The molecule has 1 aliphatic rings. The maximum Gasteiger partial charge on any atom is 0.258 e. The molecule has 0 saturated carbocycles. The predicted molar refractivity (Wildman–Crippen MR) is 134 cm³/mol. The fourth-order valence-electron chi connectivity index (χ4n) is 4.07. The molecule has 0 spiro atoms. The van der Waals surface area contributed by atoms with E-state index in [2.05, 4.69) is 47.5 Å². The van der Waals surface area contributed by atoms with E-state index >= 15 is 0 Å². The molecule has 0 saturated heterocycles. The molecule has 178 valence electrons. The Balaban J connectivity index is 1.76. The van der Waals surface area contributed by atoms with Gasteiger partial charge in [-0.2, -0.15) is 4.98 Å². The molecule has 1 atom stereocenters. The molecule has 1 N–H and O–H groups in total. The van der Waals surface area contributed by atoms with Crippen LogP contribution in [0.2, 0.25) is 0 Å². The van der Waals surface area contributed by atoms with Crippen LogP contribution >= 0.6 is 12.2 Å². The maximum absolute atomic E-state index is 13.8. The van der Waals surface area contributed by atoms with Crippen molar-refractivity contribution in [1.29, 1.82) is 0 Å². The van der Waals surface area contributed by atoms with Crippen LogP contribution in [-0.4, -0.2) is 39.9 Å². The van der Waals surface area contributed by atoms with E-state index in [4.69, 9.17) is 21.5 Å². The summed E-state index contributed by atoms with van der Waals surface area (Å²) in [6.45, 7) is 10.2. The highest BCUT2D eigenvalue weighted by Gasteiger charge is 2.34. The molecule has 1 unspecified atom stereocenters. The van der Waals surface area contributed by atoms with Gasteiger partial charge in [-0.3, -0.25) is 0 Å². The number of aryl methyl sites for hydroxylation is 2. The van der Waals surface area contributed by atoms with Crippen LogP contribution in [0.4, 0.5) is 4.39 Å². The number of rotatable bonds is 8. The first-order valence-corrected chi connectivity index (χ1v) is 11.8. The average Bonchev–Trinajstić information content (AvgIpc) is 3.30. The molecule has 0 aliphatic carbocycles. The van der Waals surface area contributed by atoms with E-state index in [-0.39, 0.29) is 11.9 Å². The average molecular weight is 481 g/mol. The molecule has 1 aromatic heterocycles. The number of nitrogens with zero attached hydrogens (tertiary/aromatic N) is 3. The molecule has 1 aliphatic heterocycles. The summed E-state index contributed by atoms with van der Waals surface area (Å²) < 4.78 is 25.0. The Kier molecular flexibility index (Phi) is 7.38. The molecular formula is C26H29FN4O2S. The van der Waals surface area contributed by atoms with Crippen molar-refractivity contribution in [3.05, 3.63) is 76.6 Å². The van der Waals surface area contributed by atoms with Gasteiger partial charge in [-0.05, 0) is 75.2 Å². The van der Waals surface area contributed by atoms with Gasteiger partial charge >= 0.3 is 0 Å². The summed E-state index contributed by atoms with van der Waals surface area (Å²) in [5.41, 5.74) is 5.81. The molecule has 3 aromatic rings. The van der Waals surface area contributed by atoms with E-state index in [1.807, 2.05) is 18.7 Å². The zero-order valence-corrected chi connectivity index (χ0v) is 20.7. The number of aromatic nitrogens is 2. The zero-order valence-electron chi connectivity index (χ0n) is 19.9. The van der Waals surface area contributed by atoms with Gasteiger partial charge < -0.3 is 19.5 Å². The van der Waals surface area contributed by atoms with Gasteiger partial charge in [0.25, 0.3) is 5.89 Å². The monoisotopic (exact) mass is 480 g/mol. The lowest BCUT2D eigenvalue weighted by atomic mass is 9.92. The Bertz CT molecular complexity index is 1220. The van der Waals surface area contributed by atoms with Crippen molar-refractivity contribution in [2.75, 3.05) is 19.8 Å². The number of hydrogen-bond acceptors (Lipinski definition) is 5. The van der Waals surface area contributed by atoms with Gasteiger partial charge in [0.2, 0.25) is 5.82 Å². The van der Waals surface area contributed by atoms with Gasteiger partial charge in [0.15, 0.2) is 5.11 Å². The van der Waals surface area contributed by atoms with Crippen molar-refractivity contribution in [3.8, 4) is 11.4 Å². The van der Waals surface area contributed by atoms with E-state index in [1.165, 1.54) is 23.3 Å². The lowest BCUT2D eigenvalue weighted by molar-refractivity contribution is 0.141. The summed E-state index contributed by atoms with van der Waals surface area (Å²) in [7, 11) is 0. The molecule has 6 nitrogen and oxygen atoms in total. The molecule has 0 bridgehead atoms. The van der Waals surface area contributed by atoms with Crippen molar-refractivity contribution in [2.45, 2.75) is 40.2 Å². The third-order valence-electron chi connectivity index (χ3n) is 6.07. The van der Waals surface area contributed by atoms with Gasteiger partial charge in [0.1, 0.15) is 5.82 Å². The zero-order chi connectivity index (χ0) is 24.2. The van der Waals surface area contributed by atoms with Crippen molar-refractivity contribution >= 4 is 22.9 Å². The molecule has 4 rings (SSSR count). The first kappa shape index (κ1) is 24.0. The number of thiocarbonyl (C=S) groups is 1. The van der Waals surface area contributed by atoms with Crippen LogP contribution in [0.15, 0.2) is 52.7 Å². The van der Waals surface area contributed by atoms with Gasteiger partial charge in [-0.1, -0.05) is 35.5 Å². The second-order valence-electron chi connectivity index (χ2n) is 8.36. The largest absolute Gasteiger partial charge is 0.382 e. The Morgan fingerprint density at radius 2 is 1.97 bits per heavy atom.